The fourth-order valence-electron chi connectivity index (χ4n) is 2.88. The van der Waals surface area contributed by atoms with Crippen molar-refractivity contribution in [3.05, 3.63) is 71.1 Å². The summed E-state index contributed by atoms with van der Waals surface area (Å²) >= 11 is 6.07. The predicted molar refractivity (Wildman–Crippen MR) is 120 cm³/mol. The van der Waals surface area contributed by atoms with E-state index in [9.17, 15) is 18.0 Å². The zero-order valence-electron chi connectivity index (χ0n) is 17.7. The molecule has 11 heteroatoms. The van der Waals surface area contributed by atoms with Crippen molar-refractivity contribution >= 4 is 39.0 Å². The third kappa shape index (κ3) is 5.85. The Morgan fingerprint density at radius 2 is 1.73 bits per heavy atom. The fraction of sp³-hybridized carbons (Fsp3) is 0.182. The van der Waals surface area contributed by atoms with Gasteiger partial charge in [-0.2, -0.15) is 0 Å². The number of rotatable bonds is 9. The molecule has 33 heavy (non-hydrogen) atoms. The second-order valence-electron chi connectivity index (χ2n) is 6.66. The highest BCUT2D eigenvalue weighted by Gasteiger charge is 2.24. The Kier molecular flexibility index (Phi) is 7.62. The average Bonchev–Trinajstić information content (AvgIpc) is 3.25. The first kappa shape index (κ1) is 24.1. The molecule has 0 radical (unpaired) electrons. The molecule has 0 saturated carbocycles. The van der Waals surface area contributed by atoms with Gasteiger partial charge in [-0.1, -0.05) is 29.8 Å². The number of furan rings is 1. The maximum atomic E-state index is 12.6. The molecule has 3 rings (SSSR count). The SMILES string of the molecule is COc1cc(OC)c(NC(=O)COC(=O)c2occc2CS(=O)(=O)c2ccccc2)cc1Cl. The number of nitrogens with one attached hydrogen (secondary N) is 1. The van der Waals surface area contributed by atoms with Crippen LogP contribution >= 0.6 is 11.6 Å². The molecule has 0 aliphatic rings. The van der Waals surface area contributed by atoms with Gasteiger partial charge in [0.05, 0.1) is 41.8 Å². The Balaban J connectivity index is 1.65. The van der Waals surface area contributed by atoms with Gasteiger partial charge in [0, 0.05) is 11.6 Å². The number of hydrogen-bond acceptors (Lipinski definition) is 8. The summed E-state index contributed by atoms with van der Waals surface area (Å²) < 4.78 is 45.6. The number of esters is 1. The first-order valence-electron chi connectivity index (χ1n) is 9.48. The molecular weight excluding hydrogens is 474 g/mol. The number of methoxy groups -OCH3 is 2. The van der Waals surface area contributed by atoms with Crippen LogP contribution in [0.3, 0.4) is 0 Å². The van der Waals surface area contributed by atoms with E-state index in [0.29, 0.717) is 5.75 Å². The number of benzene rings is 2. The van der Waals surface area contributed by atoms with Gasteiger partial charge in [-0.25, -0.2) is 13.2 Å². The summed E-state index contributed by atoms with van der Waals surface area (Å²) in [6.07, 6.45) is 1.18. The molecular formula is C22H20ClNO8S. The number of ether oxygens (including phenoxy) is 3. The van der Waals surface area contributed by atoms with Gasteiger partial charge in [0.2, 0.25) is 5.76 Å². The Hall–Kier alpha value is -3.50. The van der Waals surface area contributed by atoms with Crippen LogP contribution in [0, 0.1) is 0 Å². The molecule has 0 bridgehead atoms. The molecule has 1 heterocycles. The number of carbonyl (C=O) groups is 2. The molecule has 0 aliphatic carbocycles. The van der Waals surface area contributed by atoms with Gasteiger partial charge in [-0.05, 0) is 24.3 Å². The summed E-state index contributed by atoms with van der Waals surface area (Å²) in [5, 5.41) is 2.76. The molecule has 3 aromatic rings. The van der Waals surface area contributed by atoms with Crippen molar-refractivity contribution in [3.8, 4) is 11.5 Å². The van der Waals surface area contributed by atoms with E-state index in [4.69, 9.17) is 30.2 Å². The minimum Gasteiger partial charge on any atom is -0.495 e. The monoisotopic (exact) mass is 493 g/mol. The topological polar surface area (TPSA) is 121 Å². The van der Waals surface area contributed by atoms with E-state index < -0.39 is 34.1 Å². The minimum atomic E-state index is -3.71. The lowest BCUT2D eigenvalue weighted by Crippen LogP contribution is -2.21. The highest BCUT2D eigenvalue weighted by molar-refractivity contribution is 7.90. The van der Waals surface area contributed by atoms with Crippen LogP contribution in [0.15, 0.2) is 64.1 Å². The van der Waals surface area contributed by atoms with Crippen LogP contribution in [-0.2, 0) is 25.1 Å². The summed E-state index contributed by atoms with van der Waals surface area (Å²) in [6, 6.07) is 12.1. The van der Waals surface area contributed by atoms with Gasteiger partial charge in [0.1, 0.15) is 11.5 Å². The molecule has 0 fully saturated rings. The second-order valence-corrected chi connectivity index (χ2v) is 9.06. The van der Waals surface area contributed by atoms with Gasteiger partial charge in [0.25, 0.3) is 5.91 Å². The fourth-order valence-corrected chi connectivity index (χ4v) is 4.50. The Bertz CT molecular complexity index is 1250. The zero-order valence-corrected chi connectivity index (χ0v) is 19.2. The minimum absolute atomic E-state index is 0.108. The first-order valence-corrected chi connectivity index (χ1v) is 11.5. The van der Waals surface area contributed by atoms with Gasteiger partial charge >= 0.3 is 5.97 Å². The number of hydrogen-bond donors (Lipinski definition) is 1. The van der Waals surface area contributed by atoms with E-state index in [1.54, 1.807) is 18.2 Å². The zero-order chi connectivity index (χ0) is 24.0. The van der Waals surface area contributed by atoms with Gasteiger partial charge in [0.15, 0.2) is 16.4 Å². The number of halogens is 1. The van der Waals surface area contributed by atoms with Crippen molar-refractivity contribution in [2.24, 2.45) is 0 Å². The summed E-state index contributed by atoms with van der Waals surface area (Å²) in [5.74, 6) is -1.77. The lowest BCUT2D eigenvalue weighted by atomic mass is 10.2. The standard InChI is InChI=1S/C22H20ClNO8S/c1-29-18-11-19(30-2)17(10-16(18)23)24-20(25)12-32-22(26)21-14(8-9-31-21)13-33(27,28)15-6-4-3-5-7-15/h3-11H,12-13H2,1-2H3,(H,24,25). The molecule has 0 spiro atoms. The Morgan fingerprint density at radius 1 is 1.03 bits per heavy atom. The lowest BCUT2D eigenvalue weighted by Gasteiger charge is -2.13. The normalized spacial score (nSPS) is 11.0. The quantitative estimate of drug-likeness (QED) is 0.448. The number of anilines is 1. The molecule has 1 amide bonds. The largest absolute Gasteiger partial charge is 0.495 e. The summed E-state index contributed by atoms with van der Waals surface area (Å²) in [5.41, 5.74) is 0.366. The van der Waals surface area contributed by atoms with Crippen LogP contribution in [0.5, 0.6) is 11.5 Å². The van der Waals surface area contributed by atoms with Crippen molar-refractivity contribution in [3.63, 3.8) is 0 Å². The van der Waals surface area contributed by atoms with Gasteiger partial charge < -0.3 is 23.9 Å². The second kappa shape index (κ2) is 10.4. The van der Waals surface area contributed by atoms with Crippen LogP contribution in [0.1, 0.15) is 16.1 Å². The van der Waals surface area contributed by atoms with Crippen molar-refractivity contribution in [1.29, 1.82) is 0 Å². The molecule has 0 unspecified atom stereocenters. The van der Waals surface area contributed by atoms with Crippen LogP contribution < -0.4 is 14.8 Å². The third-order valence-electron chi connectivity index (χ3n) is 4.46. The van der Waals surface area contributed by atoms with Crippen LogP contribution in [0.25, 0.3) is 0 Å². The summed E-state index contributed by atoms with van der Waals surface area (Å²) in [4.78, 5) is 24.8. The predicted octanol–water partition coefficient (Wildman–Crippen LogP) is 3.72. The van der Waals surface area contributed by atoms with E-state index in [1.807, 2.05) is 0 Å². The highest BCUT2D eigenvalue weighted by Crippen LogP contribution is 2.35. The van der Waals surface area contributed by atoms with Gasteiger partial charge in [-0.3, -0.25) is 4.79 Å². The van der Waals surface area contributed by atoms with Gasteiger partial charge in [-0.15, -0.1) is 0 Å². The average molecular weight is 494 g/mol. The van der Waals surface area contributed by atoms with Crippen molar-refractivity contribution in [2.75, 3.05) is 26.1 Å². The molecule has 2 aromatic carbocycles. The molecule has 1 aromatic heterocycles. The van der Waals surface area contributed by atoms with Crippen molar-refractivity contribution in [1.82, 2.24) is 0 Å². The van der Waals surface area contributed by atoms with Crippen LogP contribution in [0.4, 0.5) is 5.69 Å². The van der Waals surface area contributed by atoms with E-state index in [2.05, 4.69) is 5.32 Å². The number of carbonyl (C=O) groups excluding carboxylic acids is 2. The molecule has 174 valence electrons. The van der Waals surface area contributed by atoms with E-state index in [1.165, 1.54) is 50.8 Å². The molecule has 9 nitrogen and oxygen atoms in total. The molecule has 0 aliphatic heterocycles. The first-order chi connectivity index (χ1) is 15.7. The molecule has 0 atom stereocenters. The maximum Gasteiger partial charge on any atom is 0.375 e. The highest BCUT2D eigenvalue weighted by atomic mass is 35.5. The molecule has 0 saturated heterocycles. The van der Waals surface area contributed by atoms with Crippen molar-refractivity contribution in [2.45, 2.75) is 10.6 Å². The Labute approximate surface area is 195 Å². The van der Waals surface area contributed by atoms with E-state index >= 15 is 0 Å². The number of amides is 1. The maximum absolute atomic E-state index is 12.6. The lowest BCUT2D eigenvalue weighted by molar-refractivity contribution is -0.119. The van der Waals surface area contributed by atoms with Crippen LogP contribution in [-0.4, -0.2) is 41.1 Å². The smallest absolute Gasteiger partial charge is 0.375 e. The summed E-state index contributed by atoms with van der Waals surface area (Å²) in [7, 11) is -0.873. The summed E-state index contributed by atoms with van der Waals surface area (Å²) in [6.45, 7) is -0.656. The van der Waals surface area contributed by atoms with E-state index in [-0.39, 0.29) is 32.7 Å². The van der Waals surface area contributed by atoms with E-state index in [0.717, 1.165) is 0 Å². The molecule has 1 N–H and O–H groups in total. The number of sulfone groups is 1. The van der Waals surface area contributed by atoms with Crippen LogP contribution in [0.2, 0.25) is 5.02 Å². The Morgan fingerprint density at radius 3 is 2.39 bits per heavy atom. The van der Waals surface area contributed by atoms with Crippen molar-refractivity contribution < 1.29 is 36.6 Å². The third-order valence-corrected chi connectivity index (χ3v) is 6.44.